The summed E-state index contributed by atoms with van der Waals surface area (Å²) in [6.45, 7) is -0.228. The summed E-state index contributed by atoms with van der Waals surface area (Å²) >= 11 is 0. The minimum absolute atomic E-state index is 0.0734. The Hall–Kier alpha value is -2.12. The average Bonchev–Trinajstić information content (AvgIpc) is 2.24. The summed E-state index contributed by atoms with van der Waals surface area (Å²) in [4.78, 5) is 41.0. The Morgan fingerprint density at radius 1 is 1.00 bits per heavy atom. The van der Waals surface area contributed by atoms with Crippen LogP contribution < -0.4 is 10.9 Å². The third-order valence-corrected chi connectivity index (χ3v) is 1.14. The third-order valence-electron chi connectivity index (χ3n) is 1.14. The lowest BCUT2D eigenvalue weighted by Crippen LogP contribution is -2.43. The lowest BCUT2D eigenvalue weighted by Gasteiger charge is -2.05. The van der Waals surface area contributed by atoms with Gasteiger partial charge in [0.2, 0.25) is 5.91 Å². The first-order chi connectivity index (χ1) is 7.20. The summed E-state index contributed by atoms with van der Waals surface area (Å²) in [5.41, 5.74) is 4.00. The normalized spacial score (nSPS) is 8.53. The summed E-state index contributed by atoms with van der Waals surface area (Å²) in [6.07, 6.45) is -0.0758. The molecule has 2 amide bonds. The van der Waals surface area contributed by atoms with Crippen molar-refractivity contribution in [2.75, 3.05) is 13.2 Å². The number of ether oxygens (including phenoxy) is 2. The fourth-order valence-electron chi connectivity index (χ4n) is 0.547. The molecule has 8 heteroatoms. The molecule has 15 heavy (non-hydrogen) atoms. The van der Waals surface area contributed by atoms with Crippen molar-refractivity contribution in [2.24, 2.45) is 0 Å². The van der Waals surface area contributed by atoms with Crippen LogP contribution in [0.2, 0.25) is 0 Å². The zero-order valence-corrected chi connectivity index (χ0v) is 7.73. The highest BCUT2D eigenvalue weighted by Gasteiger charge is 2.04. The Bertz CT molecular complexity index is 242. The maximum atomic E-state index is 10.9. The number of nitrogens with one attached hydrogen (secondary N) is 2. The van der Waals surface area contributed by atoms with E-state index in [0.29, 0.717) is 0 Å². The third kappa shape index (κ3) is 8.22. The molecule has 0 bridgehead atoms. The fraction of sp³-hybridized carbons (Fsp3) is 0.429. The van der Waals surface area contributed by atoms with E-state index in [2.05, 4.69) is 9.47 Å². The Kier molecular flexibility index (Phi) is 7.28. The van der Waals surface area contributed by atoms with Crippen LogP contribution in [0, 0.1) is 0 Å². The first kappa shape index (κ1) is 12.9. The molecule has 0 atom stereocenters. The van der Waals surface area contributed by atoms with E-state index in [1.54, 1.807) is 0 Å². The average molecular weight is 218 g/mol. The highest BCUT2D eigenvalue weighted by atomic mass is 16.5. The molecule has 0 aromatic heterocycles. The van der Waals surface area contributed by atoms with E-state index >= 15 is 0 Å². The van der Waals surface area contributed by atoms with Crippen LogP contribution in [0.25, 0.3) is 0 Å². The molecule has 0 spiro atoms. The van der Waals surface area contributed by atoms with Crippen molar-refractivity contribution in [3.05, 3.63) is 0 Å². The first-order valence-electron chi connectivity index (χ1n) is 3.89. The van der Waals surface area contributed by atoms with Crippen LogP contribution in [-0.2, 0) is 28.7 Å². The summed E-state index contributed by atoms with van der Waals surface area (Å²) in [7, 11) is 0. The van der Waals surface area contributed by atoms with Gasteiger partial charge in [-0.3, -0.25) is 30.0 Å². The monoisotopic (exact) mass is 218 g/mol. The summed E-state index contributed by atoms with van der Waals surface area (Å²) in [5, 5.41) is 0. The fourth-order valence-corrected chi connectivity index (χ4v) is 0.547. The molecule has 2 N–H and O–H groups in total. The molecular formula is C7H10N2O6. The van der Waals surface area contributed by atoms with E-state index in [-0.39, 0.29) is 26.0 Å². The van der Waals surface area contributed by atoms with E-state index in [1.807, 2.05) is 10.9 Å². The number of amides is 2. The standard InChI is InChI=1S/C7H10N2O6/c10-4-14-2-1-6(12)8-9-7(13)3-15-5-11/h4-5H,1-3H2,(H,8,12)(H,9,13). The molecule has 0 aliphatic rings. The second kappa shape index (κ2) is 8.48. The molecule has 0 heterocycles. The molecule has 84 valence electrons. The topological polar surface area (TPSA) is 111 Å². The van der Waals surface area contributed by atoms with E-state index in [4.69, 9.17) is 0 Å². The zero-order chi connectivity index (χ0) is 11.5. The van der Waals surface area contributed by atoms with Crippen LogP contribution in [0.3, 0.4) is 0 Å². The molecule has 0 saturated heterocycles. The number of carbonyl (C=O) groups is 4. The van der Waals surface area contributed by atoms with Crippen LogP contribution in [-0.4, -0.2) is 38.0 Å². The number of carbonyl (C=O) groups excluding carboxylic acids is 4. The van der Waals surface area contributed by atoms with Crippen molar-refractivity contribution < 1.29 is 28.7 Å². The van der Waals surface area contributed by atoms with Gasteiger partial charge in [0.15, 0.2) is 6.61 Å². The number of hydrogen-bond donors (Lipinski definition) is 2. The van der Waals surface area contributed by atoms with Gasteiger partial charge in [0.05, 0.1) is 13.0 Å². The van der Waals surface area contributed by atoms with Crippen LogP contribution in [0.1, 0.15) is 6.42 Å². The second-order valence-electron chi connectivity index (χ2n) is 2.22. The van der Waals surface area contributed by atoms with E-state index in [1.165, 1.54) is 0 Å². The molecule has 8 nitrogen and oxygen atoms in total. The van der Waals surface area contributed by atoms with Gasteiger partial charge in [-0.05, 0) is 0 Å². The Labute approximate surface area is 84.9 Å². The Morgan fingerprint density at radius 2 is 1.60 bits per heavy atom. The summed E-state index contributed by atoms with van der Waals surface area (Å²) < 4.78 is 8.36. The van der Waals surface area contributed by atoms with Crippen LogP contribution in [0.5, 0.6) is 0 Å². The Morgan fingerprint density at radius 3 is 2.20 bits per heavy atom. The quantitative estimate of drug-likeness (QED) is 0.287. The van der Waals surface area contributed by atoms with Crippen molar-refractivity contribution in [3.63, 3.8) is 0 Å². The molecule has 0 radical (unpaired) electrons. The minimum atomic E-state index is -0.674. The second-order valence-corrected chi connectivity index (χ2v) is 2.22. The minimum Gasteiger partial charge on any atom is -0.467 e. The first-order valence-corrected chi connectivity index (χ1v) is 3.89. The molecule has 0 fully saturated rings. The van der Waals surface area contributed by atoms with Gasteiger partial charge in [-0.2, -0.15) is 0 Å². The predicted octanol–water partition coefficient (Wildman–Crippen LogP) is -2.13. The van der Waals surface area contributed by atoms with E-state index in [9.17, 15) is 19.2 Å². The molecule has 0 unspecified atom stereocenters. The van der Waals surface area contributed by atoms with Gasteiger partial charge in [-0.15, -0.1) is 0 Å². The van der Waals surface area contributed by atoms with Gasteiger partial charge in [-0.25, -0.2) is 0 Å². The number of rotatable bonds is 7. The number of hydrogen-bond acceptors (Lipinski definition) is 6. The van der Waals surface area contributed by atoms with E-state index in [0.717, 1.165) is 0 Å². The van der Waals surface area contributed by atoms with Gasteiger partial charge in [0.25, 0.3) is 18.9 Å². The van der Waals surface area contributed by atoms with Crippen LogP contribution >= 0.6 is 0 Å². The van der Waals surface area contributed by atoms with Gasteiger partial charge >= 0.3 is 0 Å². The zero-order valence-electron chi connectivity index (χ0n) is 7.73. The van der Waals surface area contributed by atoms with Crippen LogP contribution in [0.4, 0.5) is 0 Å². The highest BCUT2D eigenvalue weighted by molar-refractivity contribution is 5.83. The SMILES string of the molecule is O=COCCC(=O)NNC(=O)COC=O. The van der Waals surface area contributed by atoms with Crippen molar-refractivity contribution in [2.45, 2.75) is 6.42 Å². The molecule has 0 aromatic carbocycles. The molecule has 0 aliphatic carbocycles. The van der Waals surface area contributed by atoms with Crippen molar-refractivity contribution in [1.82, 2.24) is 10.9 Å². The Balaban J connectivity index is 3.48. The van der Waals surface area contributed by atoms with Crippen LogP contribution in [0.15, 0.2) is 0 Å². The van der Waals surface area contributed by atoms with Crippen molar-refractivity contribution in [1.29, 1.82) is 0 Å². The molecule has 0 saturated carbocycles. The largest absolute Gasteiger partial charge is 0.467 e. The molecule has 0 rings (SSSR count). The lowest BCUT2D eigenvalue weighted by atomic mass is 10.4. The molecular weight excluding hydrogens is 208 g/mol. The molecule has 0 aliphatic heterocycles. The maximum absolute atomic E-state index is 10.9. The number of hydrazine groups is 1. The van der Waals surface area contributed by atoms with Crippen molar-refractivity contribution >= 4 is 24.8 Å². The lowest BCUT2D eigenvalue weighted by molar-refractivity contribution is -0.139. The van der Waals surface area contributed by atoms with Gasteiger partial charge in [-0.1, -0.05) is 0 Å². The highest BCUT2D eigenvalue weighted by Crippen LogP contribution is 1.79. The van der Waals surface area contributed by atoms with Gasteiger partial charge in [0.1, 0.15) is 0 Å². The molecule has 0 aromatic rings. The summed E-state index contributed by atoms with van der Waals surface area (Å²) in [6, 6.07) is 0. The van der Waals surface area contributed by atoms with Crippen molar-refractivity contribution in [3.8, 4) is 0 Å². The maximum Gasteiger partial charge on any atom is 0.293 e. The van der Waals surface area contributed by atoms with E-state index < -0.39 is 18.4 Å². The smallest absolute Gasteiger partial charge is 0.293 e. The van der Waals surface area contributed by atoms with Gasteiger partial charge < -0.3 is 9.47 Å². The van der Waals surface area contributed by atoms with Gasteiger partial charge in [0, 0.05) is 0 Å². The predicted molar refractivity (Wildman–Crippen MR) is 44.9 cm³/mol. The summed E-state index contributed by atoms with van der Waals surface area (Å²) in [5.74, 6) is -1.21.